The molecule has 6 heteroatoms. The summed E-state index contributed by atoms with van der Waals surface area (Å²) in [6, 6.07) is 1.71. The number of carboxylic acid groups (broad SMARTS) is 1. The maximum atomic E-state index is 11.8. The average molecular weight is 255 g/mol. The second-order valence-corrected chi connectivity index (χ2v) is 5.00. The molecular weight excluding hydrogens is 242 g/mol. The van der Waals surface area contributed by atoms with Gasteiger partial charge in [0.2, 0.25) is 0 Å². The molecule has 1 saturated carbocycles. The minimum absolute atomic E-state index is 0.183. The Bertz CT molecular complexity index is 450. The molecule has 1 aromatic rings. The summed E-state index contributed by atoms with van der Waals surface area (Å²) in [5, 5.41) is 13.4. The van der Waals surface area contributed by atoms with Crippen LogP contribution in [0.15, 0.2) is 11.4 Å². The van der Waals surface area contributed by atoms with Crippen LogP contribution in [0.5, 0.6) is 5.75 Å². The molecule has 1 aliphatic rings. The molecule has 0 saturated heterocycles. The molecule has 0 radical (unpaired) electrons. The topological polar surface area (TPSA) is 75.6 Å². The minimum Gasteiger partial charge on any atom is -0.495 e. The van der Waals surface area contributed by atoms with E-state index in [0.29, 0.717) is 23.5 Å². The molecule has 1 fully saturated rings. The zero-order valence-corrected chi connectivity index (χ0v) is 10.2. The quantitative estimate of drug-likeness (QED) is 0.832. The highest BCUT2D eigenvalue weighted by molar-refractivity contribution is 7.12. The van der Waals surface area contributed by atoms with Crippen LogP contribution in [0.2, 0.25) is 0 Å². The fourth-order valence-corrected chi connectivity index (χ4v) is 2.35. The number of nitrogens with one attached hydrogen (secondary N) is 1. The average Bonchev–Trinajstić information content (AvgIpc) is 2.96. The number of hydrogen-bond acceptors (Lipinski definition) is 4. The van der Waals surface area contributed by atoms with Gasteiger partial charge in [-0.15, -0.1) is 11.3 Å². The molecule has 0 spiro atoms. The van der Waals surface area contributed by atoms with Gasteiger partial charge in [0.1, 0.15) is 10.6 Å². The number of ether oxygens (including phenoxy) is 1. The van der Waals surface area contributed by atoms with Crippen LogP contribution < -0.4 is 10.1 Å². The lowest BCUT2D eigenvalue weighted by Crippen LogP contribution is -2.33. The van der Waals surface area contributed by atoms with Gasteiger partial charge < -0.3 is 15.2 Å². The molecular formula is C11H13NO4S. The van der Waals surface area contributed by atoms with Gasteiger partial charge in [-0.05, 0) is 24.3 Å². The minimum atomic E-state index is -0.837. The molecule has 1 amide bonds. The summed E-state index contributed by atoms with van der Waals surface area (Å²) in [4.78, 5) is 23.2. The van der Waals surface area contributed by atoms with E-state index in [9.17, 15) is 9.59 Å². The monoisotopic (exact) mass is 255 g/mol. The lowest BCUT2D eigenvalue weighted by atomic mass is 10.1. The van der Waals surface area contributed by atoms with E-state index in [4.69, 9.17) is 9.84 Å². The number of carboxylic acids is 1. The Kier molecular flexibility index (Phi) is 3.06. The second kappa shape index (κ2) is 4.37. The SMILES string of the molecule is COc1ccsc1C(=O)NCC1(C(=O)O)CC1. The molecule has 1 aromatic heterocycles. The molecule has 0 atom stereocenters. The molecule has 2 rings (SSSR count). The van der Waals surface area contributed by atoms with Crippen molar-refractivity contribution in [3.05, 3.63) is 16.3 Å². The third-order valence-electron chi connectivity index (χ3n) is 2.95. The summed E-state index contributed by atoms with van der Waals surface area (Å²) in [6.07, 6.45) is 1.26. The maximum Gasteiger partial charge on any atom is 0.311 e. The number of amides is 1. The van der Waals surface area contributed by atoms with E-state index in [1.807, 2.05) is 0 Å². The lowest BCUT2D eigenvalue weighted by Gasteiger charge is -2.10. The summed E-state index contributed by atoms with van der Waals surface area (Å²) in [5.41, 5.74) is -0.736. The van der Waals surface area contributed by atoms with Gasteiger partial charge in [0, 0.05) is 6.54 Å². The van der Waals surface area contributed by atoms with Gasteiger partial charge in [0.05, 0.1) is 12.5 Å². The Morgan fingerprint density at radius 1 is 1.59 bits per heavy atom. The van der Waals surface area contributed by atoms with E-state index in [2.05, 4.69) is 5.32 Å². The normalized spacial score (nSPS) is 16.3. The Morgan fingerprint density at radius 3 is 2.82 bits per heavy atom. The van der Waals surface area contributed by atoms with E-state index < -0.39 is 11.4 Å². The Morgan fingerprint density at radius 2 is 2.29 bits per heavy atom. The number of hydrogen-bond donors (Lipinski definition) is 2. The Balaban J connectivity index is 1.96. The van der Waals surface area contributed by atoms with Crippen molar-refractivity contribution in [1.29, 1.82) is 0 Å². The predicted molar refractivity (Wildman–Crippen MR) is 62.5 cm³/mol. The van der Waals surface area contributed by atoms with Crippen molar-refractivity contribution < 1.29 is 19.4 Å². The maximum absolute atomic E-state index is 11.8. The molecule has 2 N–H and O–H groups in total. The summed E-state index contributed by atoms with van der Waals surface area (Å²) in [6.45, 7) is 0.183. The molecule has 0 bridgehead atoms. The van der Waals surface area contributed by atoms with Crippen LogP contribution in [-0.4, -0.2) is 30.6 Å². The third kappa shape index (κ3) is 2.26. The summed E-state index contributed by atoms with van der Waals surface area (Å²) < 4.78 is 5.03. The van der Waals surface area contributed by atoms with Gasteiger partial charge >= 0.3 is 5.97 Å². The first-order chi connectivity index (χ1) is 8.09. The molecule has 5 nitrogen and oxygen atoms in total. The van der Waals surface area contributed by atoms with E-state index >= 15 is 0 Å². The molecule has 0 aliphatic heterocycles. The summed E-state index contributed by atoms with van der Waals surface area (Å²) in [5.74, 6) is -0.590. The van der Waals surface area contributed by atoms with Crippen molar-refractivity contribution in [1.82, 2.24) is 5.32 Å². The van der Waals surface area contributed by atoms with Gasteiger partial charge in [-0.3, -0.25) is 9.59 Å². The largest absolute Gasteiger partial charge is 0.495 e. The van der Waals surface area contributed by atoms with Crippen LogP contribution in [0.1, 0.15) is 22.5 Å². The fourth-order valence-electron chi connectivity index (χ4n) is 1.57. The van der Waals surface area contributed by atoms with E-state index in [-0.39, 0.29) is 12.5 Å². The van der Waals surface area contributed by atoms with Gasteiger partial charge in [-0.25, -0.2) is 0 Å². The Labute approximate surface area is 102 Å². The second-order valence-electron chi connectivity index (χ2n) is 4.09. The fraction of sp³-hybridized carbons (Fsp3) is 0.455. The molecule has 17 heavy (non-hydrogen) atoms. The summed E-state index contributed by atoms with van der Waals surface area (Å²) >= 11 is 1.28. The van der Waals surface area contributed by atoms with Crippen molar-refractivity contribution in [3.8, 4) is 5.75 Å². The number of methoxy groups -OCH3 is 1. The number of rotatable bonds is 5. The lowest BCUT2D eigenvalue weighted by molar-refractivity contribution is -0.143. The zero-order chi connectivity index (χ0) is 12.5. The highest BCUT2D eigenvalue weighted by Gasteiger charge is 2.50. The van der Waals surface area contributed by atoms with E-state index in [1.54, 1.807) is 11.4 Å². The first-order valence-electron chi connectivity index (χ1n) is 5.22. The van der Waals surface area contributed by atoms with Crippen molar-refractivity contribution in [2.24, 2.45) is 5.41 Å². The van der Waals surface area contributed by atoms with Gasteiger partial charge in [-0.1, -0.05) is 0 Å². The van der Waals surface area contributed by atoms with E-state index in [0.717, 1.165) is 0 Å². The highest BCUT2D eigenvalue weighted by atomic mass is 32.1. The Hall–Kier alpha value is -1.56. The molecule has 0 unspecified atom stereocenters. The van der Waals surface area contributed by atoms with Crippen molar-refractivity contribution in [3.63, 3.8) is 0 Å². The molecule has 92 valence electrons. The molecule has 0 aromatic carbocycles. The van der Waals surface area contributed by atoms with Crippen molar-refractivity contribution in [2.75, 3.05) is 13.7 Å². The van der Waals surface area contributed by atoms with Gasteiger partial charge in [-0.2, -0.15) is 0 Å². The van der Waals surface area contributed by atoms with Crippen LogP contribution in [0.25, 0.3) is 0 Å². The van der Waals surface area contributed by atoms with Crippen LogP contribution >= 0.6 is 11.3 Å². The first-order valence-corrected chi connectivity index (χ1v) is 6.10. The van der Waals surface area contributed by atoms with Gasteiger partial charge in [0.15, 0.2) is 0 Å². The van der Waals surface area contributed by atoms with Crippen LogP contribution in [0.3, 0.4) is 0 Å². The number of carbonyl (C=O) groups is 2. The van der Waals surface area contributed by atoms with Crippen molar-refractivity contribution in [2.45, 2.75) is 12.8 Å². The van der Waals surface area contributed by atoms with Gasteiger partial charge in [0.25, 0.3) is 5.91 Å². The van der Waals surface area contributed by atoms with Crippen molar-refractivity contribution >= 4 is 23.2 Å². The number of carbonyl (C=O) groups excluding carboxylic acids is 1. The summed E-state index contributed by atoms with van der Waals surface area (Å²) in [7, 11) is 1.50. The predicted octanol–water partition coefficient (Wildman–Crippen LogP) is 1.35. The third-order valence-corrected chi connectivity index (χ3v) is 3.84. The standard InChI is InChI=1S/C11H13NO4S/c1-16-7-2-5-17-8(7)9(13)12-6-11(3-4-11)10(14)15/h2,5H,3-4,6H2,1H3,(H,12,13)(H,14,15). The first kappa shape index (κ1) is 11.9. The number of aliphatic carboxylic acids is 1. The molecule has 1 heterocycles. The van der Waals surface area contributed by atoms with Crippen LogP contribution in [-0.2, 0) is 4.79 Å². The van der Waals surface area contributed by atoms with E-state index in [1.165, 1.54) is 18.4 Å². The number of thiophene rings is 1. The van der Waals surface area contributed by atoms with Crippen LogP contribution in [0.4, 0.5) is 0 Å². The molecule has 1 aliphatic carbocycles. The van der Waals surface area contributed by atoms with Crippen LogP contribution in [0, 0.1) is 5.41 Å². The smallest absolute Gasteiger partial charge is 0.311 e. The highest BCUT2D eigenvalue weighted by Crippen LogP contribution is 2.45. The zero-order valence-electron chi connectivity index (χ0n) is 9.36.